The van der Waals surface area contributed by atoms with Gasteiger partial charge in [0.25, 0.3) is 11.3 Å². The molecule has 0 amide bonds. The van der Waals surface area contributed by atoms with E-state index in [2.05, 4.69) is 0 Å². The number of anilines is 1. The van der Waals surface area contributed by atoms with E-state index in [1.165, 1.54) is 6.92 Å². The second kappa shape index (κ2) is 6.51. The first-order valence-electron chi connectivity index (χ1n) is 5.61. The predicted octanol–water partition coefficient (Wildman–Crippen LogP) is 1.89. The third-order valence-corrected chi connectivity index (χ3v) is 3.30. The average molecular weight is 271 g/mol. The number of hydrogen-bond donors (Lipinski definition) is 1. The molecule has 1 aromatic carbocycles. The molecule has 0 heterocycles. The zero-order chi connectivity index (χ0) is 13.7. The van der Waals surface area contributed by atoms with Crippen molar-refractivity contribution in [2.24, 2.45) is 0 Å². The van der Waals surface area contributed by atoms with Crippen LogP contribution in [0, 0.1) is 6.92 Å². The molecule has 2 atom stereocenters. The molecule has 2 unspecified atom stereocenters. The van der Waals surface area contributed by atoms with Gasteiger partial charge in [-0.3, -0.25) is 8.86 Å². The lowest BCUT2D eigenvalue weighted by Crippen LogP contribution is -2.41. The summed E-state index contributed by atoms with van der Waals surface area (Å²) in [6, 6.07) is 6.19. The van der Waals surface area contributed by atoms with E-state index in [0.29, 0.717) is 5.69 Å². The van der Waals surface area contributed by atoms with Gasteiger partial charge in [0.15, 0.2) is 0 Å². The van der Waals surface area contributed by atoms with Gasteiger partial charge < -0.3 is 4.74 Å². The number of hydrogen-bond acceptors (Lipinski definition) is 3. The monoisotopic (exact) mass is 271 g/mol. The molecule has 5 nitrogen and oxygen atoms in total. The maximum absolute atomic E-state index is 11.6. The van der Waals surface area contributed by atoms with Crippen molar-refractivity contribution in [1.29, 1.82) is 0 Å². The van der Waals surface area contributed by atoms with Crippen molar-refractivity contribution in [2.75, 3.05) is 10.9 Å². The van der Waals surface area contributed by atoms with E-state index in [9.17, 15) is 13.6 Å². The number of benzene rings is 1. The Balaban J connectivity index is 2.99. The largest absolute Gasteiger partial charge is 0.464 e. The van der Waals surface area contributed by atoms with Gasteiger partial charge in [-0.25, -0.2) is 9.00 Å². The molecule has 1 N–H and O–H groups in total. The maximum Gasteiger partial charge on any atom is 0.329 e. The molecule has 0 saturated carbocycles. The van der Waals surface area contributed by atoms with Crippen LogP contribution >= 0.6 is 0 Å². The fraction of sp³-hybridized carbons (Fsp3) is 0.417. The molecule has 0 bridgehead atoms. The van der Waals surface area contributed by atoms with Crippen LogP contribution in [-0.4, -0.2) is 27.4 Å². The summed E-state index contributed by atoms with van der Waals surface area (Å²) in [6.45, 7) is 5.38. The second-order valence-electron chi connectivity index (χ2n) is 3.82. The zero-order valence-electron chi connectivity index (χ0n) is 10.6. The van der Waals surface area contributed by atoms with E-state index >= 15 is 0 Å². The Morgan fingerprint density at radius 1 is 1.44 bits per heavy atom. The van der Waals surface area contributed by atoms with Crippen LogP contribution in [0.3, 0.4) is 0 Å². The third-order valence-electron chi connectivity index (χ3n) is 2.44. The third kappa shape index (κ3) is 3.54. The van der Waals surface area contributed by atoms with Crippen LogP contribution in [0.5, 0.6) is 0 Å². The van der Waals surface area contributed by atoms with Crippen LogP contribution in [0.4, 0.5) is 5.69 Å². The normalized spacial score (nSPS) is 13.8. The quantitative estimate of drug-likeness (QED) is 0.656. The summed E-state index contributed by atoms with van der Waals surface area (Å²) in [6.07, 6.45) is 0. The van der Waals surface area contributed by atoms with Gasteiger partial charge in [-0.1, -0.05) is 17.7 Å². The number of ether oxygens (including phenoxy) is 1. The lowest BCUT2D eigenvalue weighted by Gasteiger charge is -2.25. The molecule has 0 aliphatic carbocycles. The lowest BCUT2D eigenvalue weighted by atomic mass is 10.2. The van der Waals surface area contributed by atoms with Crippen LogP contribution in [0.2, 0.25) is 0 Å². The summed E-state index contributed by atoms with van der Waals surface area (Å²) in [5.74, 6) is -0.527. The first-order valence-corrected chi connectivity index (χ1v) is 6.67. The molecule has 0 radical (unpaired) electrons. The molecule has 1 rings (SSSR count). The minimum Gasteiger partial charge on any atom is -0.464 e. The minimum absolute atomic E-state index is 0.239. The molecule has 0 aromatic heterocycles. The summed E-state index contributed by atoms with van der Waals surface area (Å²) in [5.41, 5.74) is 1.54. The zero-order valence-corrected chi connectivity index (χ0v) is 11.4. The van der Waals surface area contributed by atoms with Gasteiger partial charge in [-0.15, -0.1) is 0 Å². The smallest absolute Gasteiger partial charge is 0.329 e. The van der Waals surface area contributed by atoms with Crippen molar-refractivity contribution in [3.63, 3.8) is 0 Å². The molecule has 18 heavy (non-hydrogen) atoms. The highest BCUT2D eigenvalue weighted by Gasteiger charge is 2.26. The average Bonchev–Trinajstić information content (AvgIpc) is 2.31. The minimum atomic E-state index is -2.28. The number of carbonyl (C=O) groups excluding carboxylic acids is 1. The number of rotatable bonds is 5. The molecule has 1 aromatic rings. The Morgan fingerprint density at radius 2 is 2.00 bits per heavy atom. The van der Waals surface area contributed by atoms with E-state index < -0.39 is 23.3 Å². The number of esters is 1. The van der Waals surface area contributed by atoms with E-state index in [1.807, 2.05) is 19.1 Å². The number of carbonyl (C=O) groups is 1. The van der Waals surface area contributed by atoms with Crippen LogP contribution in [0.15, 0.2) is 24.3 Å². The Bertz CT molecular complexity index is 432. The van der Waals surface area contributed by atoms with Crippen molar-refractivity contribution in [2.45, 2.75) is 26.8 Å². The van der Waals surface area contributed by atoms with Gasteiger partial charge in [0.2, 0.25) is 0 Å². The summed E-state index contributed by atoms with van der Waals surface area (Å²) < 4.78 is 26.6. The number of nitrogens with zero attached hydrogens (tertiary/aromatic N) is 1. The van der Waals surface area contributed by atoms with Crippen molar-refractivity contribution >= 4 is 22.9 Å². The molecular formula is C12H17NO4S. The Morgan fingerprint density at radius 3 is 2.44 bits per heavy atom. The van der Waals surface area contributed by atoms with E-state index in [0.717, 1.165) is 9.87 Å². The van der Waals surface area contributed by atoms with Crippen molar-refractivity contribution < 1.29 is 18.3 Å². The Kier molecular flexibility index (Phi) is 5.30. The van der Waals surface area contributed by atoms with E-state index in [4.69, 9.17) is 4.74 Å². The summed E-state index contributed by atoms with van der Waals surface area (Å²) in [7, 11) is 0. The van der Waals surface area contributed by atoms with Crippen LogP contribution in [-0.2, 0) is 20.8 Å². The highest BCUT2D eigenvalue weighted by molar-refractivity contribution is 7.80. The fourth-order valence-electron chi connectivity index (χ4n) is 1.50. The first-order chi connectivity index (χ1) is 8.47. The van der Waals surface area contributed by atoms with Crippen molar-refractivity contribution in [1.82, 2.24) is 0 Å². The Hall–Kier alpha value is -1.40. The van der Waals surface area contributed by atoms with Gasteiger partial charge >= 0.3 is 5.97 Å². The highest BCUT2D eigenvalue weighted by atomic mass is 32.2. The van der Waals surface area contributed by atoms with Crippen molar-refractivity contribution in [3.8, 4) is 0 Å². The highest BCUT2D eigenvalue weighted by Crippen LogP contribution is 2.19. The molecule has 0 fully saturated rings. The second-order valence-corrected chi connectivity index (χ2v) is 4.67. The molecule has 0 aliphatic rings. The Labute approximate surface area is 109 Å². The lowest BCUT2D eigenvalue weighted by molar-refractivity contribution is -0.144. The SMILES string of the molecule is CCOC(=O)C(C)N(c1ccc(C)cc1)S(=O)O. The fourth-order valence-corrected chi connectivity index (χ4v) is 2.16. The standard InChI is InChI=1S/C12H17NO4S/c1-4-17-12(14)10(3)13(18(15)16)11-7-5-9(2)6-8-11/h5-8,10H,4H2,1-3H3,(H,15,16). The summed E-state index contributed by atoms with van der Waals surface area (Å²) in [4.78, 5) is 11.6. The van der Waals surface area contributed by atoms with Crippen LogP contribution in [0.25, 0.3) is 0 Å². The molecule has 0 spiro atoms. The molecular weight excluding hydrogens is 254 g/mol. The van der Waals surface area contributed by atoms with Gasteiger partial charge in [0.1, 0.15) is 6.04 Å². The van der Waals surface area contributed by atoms with Crippen LogP contribution < -0.4 is 4.31 Å². The van der Waals surface area contributed by atoms with Crippen molar-refractivity contribution in [3.05, 3.63) is 29.8 Å². The molecule has 0 saturated heterocycles. The molecule has 100 valence electrons. The van der Waals surface area contributed by atoms with Gasteiger partial charge in [0.05, 0.1) is 12.3 Å². The van der Waals surface area contributed by atoms with E-state index in [-0.39, 0.29) is 6.61 Å². The molecule has 0 aliphatic heterocycles. The predicted molar refractivity (Wildman–Crippen MR) is 70.5 cm³/mol. The van der Waals surface area contributed by atoms with E-state index in [1.54, 1.807) is 19.1 Å². The topological polar surface area (TPSA) is 66.8 Å². The van der Waals surface area contributed by atoms with Gasteiger partial charge in [-0.05, 0) is 32.9 Å². The number of aryl methyl sites for hydroxylation is 1. The first kappa shape index (κ1) is 14.7. The maximum atomic E-state index is 11.6. The summed E-state index contributed by atoms with van der Waals surface area (Å²) >= 11 is -2.28. The van der Waals surface area contributed by atoms with Crippen LogP contribution in [0.1, 0.15) is 19.4 Å². The summed E-state index contributed by atoms with van der Waals surface area (Å²) in [5, 5.41) is 0. The molecule has 6 heteroatoms. The van der Waals surface area contributed by atoms with Gasteiger partial charge in [0, 0.05) is 0 Å². The van der Waals surface area contributed by atoms with Gasteiger partial charge in [-0.2, -0.15) is 0 Å².